The molecule has 0 spiro atoms. The highest BCUT2D eigenvalue weighted by Gasteiger charge is 2.69. The molecule has 0 heterocycles. The molecule has 2 rings (SSSR count). The number of halogens is 1. The van der Waals surface area contributed by atoms with Crippen LogP contribution >= 0.6 is 0 Å². The van der Waals surface area contributed by atoms with Gasteiger partial charge < -0.3 is 5.11 Å². The summed E-state index contributed by atoms with van der Waals surface area (Å²) in [6.45, 7) is 1.73. The third-order valence-corrected chi connectivity index (χ3v) is 6.05. The second-order valence-corrected chi connectivity index (χ2v) is 6.61. The molecule has 2 unspecified atom stereocenters. The Balaban J connectivity index is 2.57. The summed E-state index contributed by atoms with van der Waals surface area (Å²) in [5.74, 6) is -2.74. The number of carboxylic acid groups (broad SMARTS) is 1. The van der Waals surface area contributed by atoms with E-state index in [2.05, 4.69) is 0 Å². The molecule has 4 nitrogen and oxygen atoms in total. The summed E-state index contributed by atoms with van der Waals surface area (Å²) in [4.78, 5) is 10.8. The van der Waals surface area contributed by atoms with Gasteiger partial charge in [-0.15, -0.1) is 0 Å². The van der Waals surface area contributed by atoms with Crippen molar-refractivity contribution in [3.8, 4) is 0 Å². The average Bonchev–Trinajstić information content (AvgIpc) is 3.05. The van der Waals surface area contributed by atoms with Gasteiger partial charge in [-0.05, 0) is 24.5 Å². The van der Waals surface area contributed by atoms with Gasteiger partial charge in [0.1, 0.15) is 10.7 Å². The number of carboxylic acids is 1. The van der Waals surface area contributed by atoms with Crippen LogP contribution in [0.5, 0.6) is 0 Å². The molecule has 18 heavy (non-hydrogen) atoms. The standard InChI is InChI=1S/C12H13FO4S/c1-2-8-7-12(8,11(14)15)18(16,17)10-6-4-3-5-9(10)13/h3-6,8H,2,7H2,1H3,(H,14,15). The maximum Gasteiger partial charge on any atom is 0.325 e. The van der Waals surface area contributed by atoms with Crippen molar-refractivity contribution in [3.05, 3.63) is 30.1 Å². The van der Waals surface area contributed by atoms with Crippen LogP contribution in [0.3, 0.4) is 0 Å². The van der Waals surface area contributed by atoms with E-state index in [-0.39, 0.29) is 6.42 Å². The quantitative estimate of drug-likeness (QED) is 0.908. The normalized spacial score (nSPS) is 26.9. The van der Waals surface area contributed by atoms with Gasteiger partial charge in [-0.2, -0.15) is 0 Å². The molecule has 1 fully saturated rings. The minimum absolute atomic E-state index is 0.0511. The van der Waals surface area contributed by atoms with Gasteiger partial charge in [0.15, 0.2) is 14.6 Å². The number of rotatable bonds is 4. The number of carbonyl (C=O) groups is 1. The molecule has 1 N–H and O–H groups in total. The molecule has 0 aliphatic heterocycles. The Morgan fingerprint density at radius 3 is 2.56 bits per heavy atom. The molecular weight excluding hydrogens is 259 g/mol. The second kappa shape index (κ2) is 4.05. The Bertz CT molecular complexity index is 596. The van der Waals surface area contributed by atoms with Crippen molar-refractivity contribution in [2.75, 3.05) is 0 Å². The molecule has 1 aromatic rings. The fraction of sp³-hybridized carbons (Fsp3) is 0.417. The van der Waals surface area contributed by atoms with E-state index in [1.165, 1.54) is 12.1 Å². The zero-order valence-electron chi connectivity index (χ0n) is 9.76. The molecule has 1 saturated carbocycles. The number of benzene rings is 1. The van der Waals surface area contributed by atoms with Crippen LogP contribution in [-0.4, -0.2) is 24.2 Å². The molecule has 0 radical (unpaired) electrons. The van der Waals surface area contributed by atoms with Gasteiger partial charge in [0, 0.05) is 0 Å². The Morgan fingerprint density at radius 2 is 2.11 bits per heavy atom. The van der Waals surface area contributed by atoms with Crippen LogP contribution in [0, 0.1) is 11.7 Å². The van der Waals surface area contributed by atoms with E-state index in [9.17, 15) is 22.7 Å². The predicted octanol–water partition coefficient (Wildman–Crippen LogP) is 1.85. The summed E-state index contributed by atoms with van der Waals surface area (Å²) in [7, 11) is -4.19. The second-order valence-electron chi connectivity index (χ2n) is 4.44. The molecule has 98 valence electrons. The summed E-state index contributed by atoms with van der Waals surface area (Å²) < 4.78 is 36.4. The zero-order chi connectivity index (χ0) is 13.6. The van der Waals surface area contributed by atoms with Gasteiger partial charge in [0.2, 0.25) is 0 Å². The van der Waals surface area contributed by atoms with Crippen LogP contribution in [0.1, 0.15) is 19.8 Å². The molecular formula is C12H13FO4S. The van der Waals surface area contributed by atoms with Gasteiger partial charge >= 0.3 is 5.97 Å². The van der Waals surface area contributed by atoms with Crippen molar-refractivity contribution in [2.45, 2.75) is 29.4 Å². The fourth-order valence-corrected chi connectivity index (χ4v) is 4.58. The van der Waals surface area contributed by atoms with Crippen LogP contribution in [0.15, 0.2) is 29.2 Å². The minimum Gasteiger partial charge on any atom is -0.480 e. The highest BCUT2D eigenvalue weighted by Crippen LogP contribution is 2.54. The molecule has 6 heteroatoms. The zero-order valence-corrected chi connectivity index (χ0v) is 10.6. The number of aliphatic carboxylic acids is 1. The van der Waals surface area contributed by atoms with E-state index in [4.69, 9.17) is 0 Å². The molecule has 1 aromatic carbocycles. The Labute approximate surface area is 104 Å². The number of sulfone groups is 1. The first-order valence-electron chi connectivity index (χ1n) is 5.60. The monoisotopic (exact) mass is 272 g/mol. The SMILES string of the molecule is CCC1CC1(C(=O)O)S(=O)(=O)c1ccccc1F. The molecule has 2 atom stereocenters. The molecule has 1 aliphatic rings. The summed E-state index contributed by atoms with van der Waals surface area (Å²) in [5.41, 5.74) is 0. The van der Waals surface area contributed by atoms with Crippen molar-refractivity contribution in [2.24, 2.45) is 5.92 Å². The van der Waals surface area contributed by atoms with Crippen molar-refractivity contribution in [3.63, 3.8) is 0 Å². The maximum absolute atomic E-state index is 13.6. The summed E-state index contributed by atoms with van der Waals surface area (Å²) in [5, 5.41) is 9.19. The first kappa shape index (κ1) is 13.0. The highest BCUT2D eigenvalue weighted by molar-refractivity contribution is 7.94. The van der Waals surface area contributed by atoms with Gasteiger partial charge in [-0.25, -0.2) is 12.8 Å². The van der Waals surface area contributed by atoms with Gasteiger partial charge in [0.05, 0.1) is 0 Å². The van der Waals surface area contributed by atoms with Crippen LogP contribution < -0.4 is 0 Å². The number of hydrogen-bond donors (Lipinski definition) is 1. The topological polar surface area (TPSA) is 71.4 Å². The lowest BCUT2D eigenvalue weighted by molar-refractivity contribution is -0.137. The smallest absolute Gasteiger partial charge is 0.325 e. The molecule has 0 saturated heterocycles. The third kappa shape index (κ3) is 1.55. The number of hydrogen-bond acceptors (Lipinski definition) is 3. The van der Waals surface area contributed by atoms with Crippen LogP contribution in [0.25, 0.3) is 0 Å². The third-order valence-electron chi connectivity index (χ3n) is 3.51. The van der Waals surface area contributed by atoms with E-state index < -0.39 is 37.2 Å². The molecule has 0 bridgehead atoms. The van der Waals surface area contributed by atoms with Gasteiger partial charge in [0.25, 0.3) is 0 Å². The van der Waals surface area contributed by atoms with Crippen LogP contribution in [0.4, 0.5) is 4.39 Å². The Morgan fingerprint density at radius 1 is 1.50 bits per heavy atom. The van der Waals surface area contributed by atoms with Crippen molar-refractivity contribution >= 4 is 15.8 Å². The summed E-state index contributed by atoms with van der Waals surface area (Å²) in [6.07, 6.45) is 0.496. The first-order valence-corrected chi connectivity index (χ1v) is 7.08. The highest BCUT2D eigenvalue weighted by atomic mass is 32.2. The van der Waals surface area contributed by atoms with E-state index in [1.807, 2.05) is 0 Å². The molecule has 0 amide bonds. The fourth-order valence-electron chi connectivity index (χ4n) is 2.35. The van der Waals surface area contributed by atoms with E-state index in [1.54, 1.807) is 6.92 Å². The van der Waals surface area contributed by atoms with Gasteiger partial charge in [-0.3, -0.25) is 4.79 Å². The molecule has 1 aliphatic carbocycles. The van der Waals surface area contributed by atoms with Crippen molar-refractivity contribution in [1.29, 1.82) is 0 Å². The minimum atomic E-state index is -4.19. The largest absolute Gasteiger partial charge is 0.480 e. The Kier molecular flexibility index (Phi) is 2.93. The first-order chi connectivity index (χ1) is 8.38. The lowest BCUT2D eigenvalue weighted by Gasteiger charge is -2.14. The van der Waals surface area contributed by atoms with Crippen molar-refractivity contribution < 1.29 is 22.7 Å². The van der Waals surface area contributed by atoms with E-state index >= 15 is 0 Å². The summed E-state index contributed by atoms with van der Waals surface area (Å²) in [6, 6.07) is 4.88. The van der Waals surface area contributed by atoms with Crippen molar-refractivity contribution in [1.82, 2.24) is 0 Å². The van der Waals surface area contributed by atoms with E-state index in [0.717, 1.165) is 12.1 Å². The predicted molar refractivity (Wildman–Crippen MR) is 62.4 cm³/mol. The Hall–Kier alpha value is -1.43. The summed E-state index contributed by atoms with van der Waals surface area (Å²) >= 11 is 0. The van der Waals surface area contributed by atoms with E-state index in [0.29, 0.717) is 6.42 Å². The lowest BCUT2D eigenvalue weighted by atomic mass is 10.2. The van der Waals surface area contributed by atoms with Crippen LogP contribution in [0.2, 0.25) is 0 Å². The lowest BCUT2D eigenvalue weighted by Crippen LogP contribution is -2.35. The van der Waals surface area contributed by atoms with Crippen LogP contribution in [-0.2, 0) is 14.6 Å². The molecule has 0 aromatic heterocycles. The van der Waals surface area contributed by atoms with Gasteiger partial charge in [-0.1, -0.05) is 25.5 Å². The maximum atomic E-state index is 13.6. The average molecular weight is 272 g/mol.